The fraction of sp³-hybridized carbons (Fsp3) is 0.323. The molecule has 0 aliphatic heterocycles. The molecule has 9 heteroatoms. The van der Waals surface area contributed by atoms with Crippen LogP contribution in [0.15, 0.2) is 84.9 Å². The molecule has 0 bridgehead atoms. The number of hydrogen-bond acceptors (Lipinski definition) is 5. The normalized spacial score (nSPS) is 13.6. The van der Waals surface area contributed by atoms with Crippen LogP contribution < -0.4 is 21.7 Å². The van der Waals surface area contributed by atoms with E-state index in [4.69, 9.17) is 5.73 Å². The molecule has 3 aromatic carbocycles. The summed E-state index contributed by atoms with van der Waals surface area (Å²) in [5.41, 5.74) is 8.78. The number of phenols is 1. The molecule has 0 aliphatic rings. The van der Waals surface area contributed by atoms with Crippen molar-refractivity contribution < 1.29 is 19.5 Å². The summed E-state index contributed by atoms with van der Waals surface area (Å²) in [6.07, 6.45) is 1.15. The molecule has 0 saturated heterocycles. The number of nitrogens with one attached hydrogen (secondary N) is 3. The summed E-state index contributed by atoms with van der Waals surface area (Å²) in [6.45, 7) is 4.19. The Morgan fingerprint density at radius 1 is 0.750 bits per heavy atom. The molecule has 0 spiro atoms. The highest BCUT2D eigenvalue weighted by molar-refractivity contribution is 5.93. The van der Waals surface area contributed by atoms with Gasteiger partial charge in [0.1, 0.15) is 17.8 Å². The SMILES string of the molecule is CC[C@H](C)[C@H](NC(=O)[C@H](Cc1ccc(O)cc1)NC(=O)[C@@H](N)Cc1ccccc1)C(=O)NCc1ccccc1.Cl. The molecule has 4 atom stereocenters. The highest BCUT2D eigenvalue weighted by Gasteiger charge is 2.30. The van der Waals surface area contributed by atoms with Crippen LogP contribution in [-0.2, 0) is 33.8 Å². The Labute approximate surface area is 242 Å². The van der Waals surface area contributed by atoms with Crippen LogP contribution in [0.3, 0.4) is 0 Å². The molecule has 0 unspecified atom stereocenters. The predicted octanol–water partition coefficient (Wildman–Crippen LogP) is 3.26. The average Bonchev–Trinajstić information content (AvgIpc) is 2.95. The quantitative estimate of drug-likeness (QED) is 0.216. The van der Waals surface area contributed by atoms with E-state index >= 15 is 0 Å². The molecule has 0 radical (unpaired) electrons. The maximum atomic E-state index is 13.5. The third kappa shape index (κ3) is 10.0. The van der Waals surface area contributed by atoms with Gasteiger partial charge in [0.15, 0.2) is 0 Å². The van der Waals surface area contributed by atoms with E-state index in [1.807, 2.05) is 74.5 Å². The summed E-state index contributed by atoms with van der Waals surface area (Å²) >= 11 is 0. The summed E-state index contributed by atoms with van der Waals surface area (Å²) in [6, 6.07) is 22.7. The van der Waals surface area contributed by atoms with Gasteiger partial charge in [0.2, 0.25) is 17.7 Å². The zero-order valence-corrected chi connectivity index (χ0v) is 23.7. The van der Waals surface area contributed by atoms with Crippen LogP contribution in [0.5, 0.6) is 5.75 Å². The van der Waals surface area contributed by atoms with Gasteiger partial charge in [-0.05, 0) is 41.2 Å². The van der Waals surface area contributed by atoms with Gasteiger partial charge in [-0.1, -0.05) is 93.1 Å². The van der Waals surface area contributed by atoms with Crippen molar-refractivity contribution in [1.82, 2.24) is 16.0 Å². The van der Waals surface area contributed by atoms with Crippen molar-refractivity contribution >= 4 is 30.1 Å². The Balaban J connectivity index is 0.00000560. The fourth-order valence-electron chi connectivity index (χ4n) is 4.17. The Bertz CT molecular complexity index is 1210. The van der Waals surface area contributed by atoms with Crippen molar-refractivity contribution in [3.63, 3.8) is 0 Å². The summed E-state index contributed by atoms with van der Waals surface area (Å²) in [4.78, 5) is 39.7. The Morgan fingerprint density at radius 2 is 1.30 bits per heavy atom. The molecule has 8 nitrogen and oxygen atoms in total. The van der Waals surface area contributed by atoms with Gasteiger partial charge in [0.25, 0.3) is 0 Å². The van der Waals surface area contributed by atoms with Crippen LogP contribution >= 0.6 is 12.4 Å². The molecule has 0 fully saturated rings. The van der Waals surface area contributed by atoms with E-state index in [-0.39, 0.29) is 36.4 Å². The van der Waals surface area contributed by atoms with Crippen molar-refractivity contribution in [3.05, 3.63) is 102 Å². The smallest absolute Gasteiger partial charge is 0.243 e. The first kappa shape index (κ1) is 32.3. The zero-order chi connectivity index (χ0) is 28.2. The number of rotatable bonds is 13. The standard InChI is InChI=1S/C31H38N4O4.ClH/c1-3-21(2)28(31(39)33-20-24-12-8-5-9-13-24)35-30(38)27(19-23-14-16-25(36)17-15-23)34-29(37)26(32)18-22-10-6-4-7-11-22;/h4-17,21,26-28,36H,3,18-20,32H2,1-2H3,(H,33,39)(H,34,37)(H,35,38);1H/t21-,26-,27-,28-;/m0./s1. The maximum Gasteiger partial charge on any atom is 0.243 e. The molecule has 6 N–H and O–H groups in total. The van der Waals surface area contributed by atoms with Gasteiger partial charge in [-0.2, -0.15) is 0 Å². The average molecular weight is 567 g/mol. The minimum Gasteiger partial charge on any atom is -0.508 e. The summed E-state index contributed by atoms with van der Waals surface area (Å²) < 4.78 is 0. The fourth-order valence-corrected chi connectivity index (χ4v) is 4.17. The Morgan fingerprint density at radius 3 is 1.88 bits per heavy atom. The Hall–Kier alpha value is -3.88. The molecular formula is C31H39ClN4O4. The van der Waals surface area contributed by atoms with Crippen LogP contribution in [-0.4, -0.2) is 41.0 Å². The molecule has 3 rings (SSSR count). The summed E-state index contributed by atoms with van der Waals surface area (Å²) in [5.74, 6) is -1.29. The van der Waals surface area contributed by atoms with E-state index in [1.165, 1.54) is 12.1 Å². The van der Waals surface area contributed by atoms with Crippen molar-refractivity contribution in [2.45, 2.75) is 57.8 Å². The summed E-state index contributed by atoms with van der Waals surface area (Å²) in [5, 5.41) is 18.2. The van der Waals surface area contributed by atoms with Crippen LogP contribution in [0.4, 0.5) is 0 Å². The van der Waals surface area contributed by atoms with Gasteiger partial charge in [-0.15, -0.1) is 12.4 Å². The topological polar surface area (TPSA) is 134 Å². The number of benzene rings is 3. The van der Waals surface area contributed by atoms with E-state index in [0.717, 1.165) is 16.7 Å². The van der Waals surface area contributed by atoms with Gasteiger partial charge in [0, 0.05) is 13.0 Å². The maximum absolute atomic E-state index is 13.5. The second kappa shape index (κ2) is 16.3. The largest absolute Gasteiger partial charge is 0.508 e. The zero-order valence-electron chi connectivity index (χ0n) is 22.9. The number of carbonyl (C=O) groups is 3. The lowest BCUT2D eigenvalue weighted by Crippen LogP contribution is -2.58. The number of aromatic hydroxyl groups is 1. The first-order valence-corrected chi connectivity index (χ1v) is 13.3. The van der Waals surface area contributed by atoms with Crippen molar-refractivity contribution in [2.24, 2.45) is 11.7 Å². The van der Waals surface area contributed by atoms with Crippen molar-refractivity contribution in [3.8, 4) is 5.75 Å². The first-order valence-electron chi connectivity index (χ1n) is 13.3. The number of halogens is 1. The first-order chi connectivity index (χ1) is 18.8. The van der Waals surface area contributed by atoms with E-state index in [1.54, 1.807) is 12.1 Å². The monoisotopic (exact) mass is 566 g/mol. The van der Waals surface area contributed by atoms with Crippen LogP contribution in [0.1, 0.15) is 37.0 Å². The second-order valence-electron chi connectivity index (χ2n) is 9.80. The molecule has 0 aliphatic carbocycles. The molecule has 0 aromatic heterocycles. The lowest BCUT2D eigenvalue weighted by atomic mass is 9.96. The number of carbonyl (C=O) groups excluding carboxylic acids is 3. The molecule has 3 aromatic rings. The van der Waals surface area contributed by atoms with Crippen LogP contribution in [0.25, 0.3) is 0 Å². The highest BCUT2D eigenvalue weighted by Crippen LogP contribution is 2.14. The van der Waals surface area contributed by atoms with Gasteiger partial charge in [-0.3, -0.25) is 14.4 Å². The molecule has 214 valence electrons. The van der Waals surface area contributed by atoms with E-state index < -0.39 is 29.9 Å². The molecule has 3 amide bonds. The van der Waals surface area contributed by atoms with Crippen molar-refractivity contribution in [2.75, 3.05) is 0 Å². The number of hydrogen-bond donors (Lipinski definition) is 5. The molecule has 40 heavy (non-hydrogen) atoms. The van der Waals surface area contributed by atoms with E-state index in [9.17, 15) is 19.5 Å². The van der Waals surface area contributed by atoms with Crippen molar-refractivity contribution in [1.29, 1.82) is 0 Å². The van der Waals surface area contributed by atoms with E-state index in [0.29, 0.717) is 19.4 Å². The van der Waals surface area contributed by atoms with Gasteiger partial charge in [0.05, 0.1) is 6.04 Å². The Kier molecular flexibility index (Phi) is 13.2. The number of amides is 3. The highest BCUT2D eigenvalue weighted by atomic mass is 35.5. The minimum absolute atomic E-state index is 0. The van der Waals surface area contributed by atoms with Gasteiger partial charge in [-0.25, -0.2) is 0 Å². The number of phenolic OH excluding ortho intramolecular Hbond substituents is 1. The minimum atomic E-state index is -0.975. The molecule has 0 saturated carbocycles. The van der Waals surface area contributed by atoms with Gasteiger partial charge >= 0.3 is 0 Å². The molecule has 0 heterocycles. The third-order valence-corrected chi connectivity index (χ3v) is 6.75. The number of nitrogens with two attached hydrogens (primary N) is 1. The van der Waals surface area contributed by atoms with Crippen LogP contribution in [0, 0.1) is 5.92 Å². The summed E-state index contributed by atoms with van der Waals surface area (Å²) in [7, 11) is 0. The van der Waals surface area contributed by atoms with E-state index in [2.05, 4.69) is 16.0 Å². The lowest BCUT2D eigenvalue weighted by molar-refractivity contribution is -0.133. The lowest BCUT2D eigenvalue weighted by Gasteiger charge is -2.27. The molecular weight excluding hydrogens is 528 g/mol. The van der Waals surface area contributed by atoms with Gasteiger partial charge < -0.3 is 26.8 Å². The third-order valence-electron chi connectivity index (χ3n) is 6.75. The predicted molar refractivity (Wildman–Crippen MR) is 159 cm³/mol. The van der Waals surface area contributed by atoms with Crippen LogP contribution in [0.2, 0.25) is 0 Å². The second-order valence-corrected chi connectivity index (χ2v) is 9.80.